The highest BCUT2D eigenvalue weighted by Crippen LogP contribution is 2.18. The third kappa shape index (κ3) is 6.52. The highest BCUT2D eigenvalue weighted by atomic mass is 16.5. The van der Waals surface area contributed by atoms with Crippen molar-refractivity contribution in [3.8, 4) is 5.75 Å². The zero-order valence-corrected chi connectivity index (χ0v) is 13.6. The first kappa shape index (κ1) is 16.4. The molecule has 1 aromatic rings. The van der Waals surface area contributed by atoms with E-state index in [1.807, 2.05) is 0 Å². The van der Waals surface area contributed by atoms with Gasteiger partial charge in [-0.2, -0.15) is 0 Å². The first-order valence-electron chi connectivity index (χ1n) is 8.83. The molecule has 1 N–H and O–H groups in total. The number of rotatable bonds is 9. The van der Waals surface area contributed by atoms with E-state index in [2.05, 4.69) is 36.5 Å². The maximum Gasteiger partial charge on any atom is 0.119 e. The summed E-state index contributed by atoms with van der Waals surface area (Å²) in [5, 5.41) is 3.68. The molecule has 0 aliphatic heterocycles. The highest BCUT2D eigenvalue weighted by Gasteiger charge is 2.12. The van der Waals surface area contributed by atoms with E-state index >= 15 is 0 Å². The number of nitrogens with one attached hydrogen (secondary N) is 1. The zero-order chi connectivity index (χ0) is 14.8. The summed E-state index contributed by atoms with van der Waals surface area (Å²) < 4.78 is 5.78. The highest BCUT2D eigenvalue weighted by molar-refractivity contribution is 5.27. The number of unbranched alkanes of at least 4 members (excludes halogenated alkanes) is 3. The molecule has 1 saturated carbocycles. The van der Waals surface area contributed by atoms with Crippen LogP contribution >= 0.6 is 0 Å². The molecule has 0 heterocycles. The van der Waals surface area contributed by atoms with Gasteiger partial charge in [-0.15, -0.1) is 0 Å². The van der Waals surface area contributed by atoms with Crippen LogP contribution in [0.25, 0.3) is 0 Å². The lowest BCUT2D eigenvalue weighted by Gasteiger charge is -2.22. The van der Waals surface area contributed by atoms with E-state index in [-0.39, 0.29) is 0 Å². The normalized spacial score (nSPS) is 16.0. The fourth-order valence-electron chi connectivity index (χ4n) is 2.99. The van der Waals surface area contributed by atoms with Crippen LogP contribution < -0.4 is 10.1 Å². The predicted molar refractivity (Wildman–Crippen MR) is 89.8 cm³/mol. The molecule has 2 nitrogen and oxygen atoms in total. The lowest BCUT2D eigenvalue weighted by atomic mass is 9.95. The lowest BCUT2D eigenvalue weighted by Crippen LogP contribution is -2.30. The van der Waals surface area contributed by atoms with Crippen molar-refractivity contribution in [1.29, 1.82) is 0 Å². The van der Waals surface area contributed by atoms with Gasteiger partial charge in [0.1, 0.15) is 5.75 Å². The summed E-state index contributed by atoms with van der Waals surface area (Å²) in [7, 11) is 0. The maximum atomic E-state index is 5.78. The molecule has 2 rings (SSSR count). The molecule has 0 unspecified atom stereocenters. The van der Waals surface area contributed by atoms with Crippen molar-refractivity contribution in [1.82, 2.24) is 5.32 Å². The topological polar surface area (TPSA) is 21.3 Å². The molecule has 0 atom stereocenters. The summed E-state index contributed by atoms with van der Waals surface area (Å²) in [5.74, 6) is 1.01. The van der Waals surface area contributed by atoms with Crippen LogP contribution in [0.3, 0.4) is 0 Å². The Kier molecular flexibility index (Phi) is 7.66. The first-order chi connectivity index (χ1) is 10.4. The van der Waals surface area contributed by atoms with E-state index in [0.29, 0.717) is 0 Å². The Labute approximate surface area is 130 Å². The van der Waals surface area contributed by atoms with Gasteiger partial charge in [-0.3, -0.25) is 0 Å². The largest absolute Gasteiger partial charge is 0.494 e. The van der Waals surface area contributed by atoms with Crippen molar-refractivity contribution in [3.05, 3.63) is 29.8 Å². The quantitative estimate of drug-likeness (QED) is 0.641. The molecule has 0 saturated heterocycles. The van der Waals surface area contributed by atoms with Crippen LogP contribution in [0.1, 0.15) is 70.3 Å². The third-order valence-corrected chi connectivity index (χ3v) is 4.39. The molecule has 21 heavy (non-hydrogen) atoms. The number of hydrogen-bond donors (Lipinski definition) is 1. The summed E-state index contributed by atoms with van der Waals surface area (Å²) in [5.41, 5.74) is 1.36. The first-order valence-corrected chi connectivity index (χ1v) is 8.83. The Morgan fingerprint density at radius 3 is 2.48 bits per heavy atom. The predicted octanol–water partition coefficient (Wildman–Crippen LogP) is 5.07. The molecule has 0 amide bonds. The monoisotopic (exact) mass is 289 g/mol. The smallest absolute Gasteiger partial charge is 0.119 e. The average molecular weight is 289 g/mol. The lowest BCUT2D eigenvalue weighted by molar-refractivity contribution is 0.305. The van der Waals surface area contributed by atoms with Gasteiger partial charge in [0.2, 0.25) is 0 Å². The Hall–Kier alpha value is -1.02. The van der Waals surface area contributed by atoms with Gasteiger partial charge in [-0.1, -0.05) is 57.6 Å². The zero-order valence-electron chi connectivity index (χ0n) is 13.6. The Bertz CT molecular complexity index is 368. The van der Waals surface area contributed by atoms with Crippen LogP contribution in [-0.4, -0.2) is 12.6 Å². The van der Waals surface area contributed by atoms with Gasteiger partial charge in [0, 0.05) is 12.6 Å². The Morgan fingerprint density at radius 2 is 1.76 bits per heavy atom. The summed E-state index contributed by atoms with van der Waals surface area (Å²) in [6.07, 6.45) is 11.9. The molecule has 2 heteroatoms. The van der Waals surface area contributed by atoms with E-state index < -0.39 is 0 Å². The van der Waals surface area contributed by atoms with Crippen molar-refractivity contribution in [2.24, 2.45) is 0 Å². The van der Waals surface area contributed by atoms with Gasteiger partial charge in [-0.25, -0.2) is 0 Å². The van der Waals surface area contributed by atoms with Gasteiger partial charge in [0.15, 0.2) is 0 Å². The van der Waals surface area contributed by atoms with Crippen LogP contribution in [0, 0.1) is 0 Å². The number of benzene rings is 1. The molecular weight excluding hydrogens is 258 g/mol. The van der Waals surface area contributed by atoms with E-state index in [0.717, 1.165) is 24.9 Å². The fourth-order valence-corrected chi connectivity index (χ4v) is 2.99. The molecule has 0 bridgehead atoms. The molecule has 0 aromatic heterocycles. The summed E-state index contributed by atoms with van der Waals surface area (Å²) in [4.78, 5) is 0. The molecule has 1 aliphatic carbocycles. The second-order valence-electron chi connectivity index (χ2n) is 6.27. The SMILES string of the molecule is CCCCCCOc1ccc(CNC2CCCCC2)cc1. The molecule has 0 spiro atoms. The summed E-state index contributed by atoms with van der Waals surface area (Å²) in [6, 6.07) is 9.33. The molecule has 0 radical (unpaired) electrons. The van der Waals surface area contributed by atoms with Crippen LogP contribution in [-0.2, 0) is 6.54 Å². The molecular formula is C19H31NO. The van der Waals surface area contributed by atoms with Crippen molar-refractivity contribution in [3.63, 3.8) is 0 Å². The summed E-state index contributed by atoms with van der Waals surface area (Å²) in [6.45, 7) is 4.07. The average Bonchev–Trinajstić information content (AvgIpc) is 2.55. The third-order valence-electron chi connectivity index (χ3n) is 4.39. The Balaban J connectivity index is 1.64. The maximum absolute atomic E-state index is 5.78. The number of hydrogen-bond acceptors (Lipinski definition) is 2. The molecule has 118 valence electrons. The van der Waals surface area contributed by atoms with Gasteiger partial charge in [0.25, 0.3) is 0 Å². The van der Waals surface area contributed by atoms with Crippen molar-refractivity contribution >= 4 is 0 Å². The van der Waals surface area contributed by atoms with E-state index in [9.17, 15) is 0 Å². The minimum atomic E-state index is 0.730. The van der Waals surface area contributed by atoms with Gasteiger partial charge < -0.3 is 10.1 Å². The van der Waals surface area contributed by atoms with E-state index in [1.54, 1.807) is 0 Å². The second kappa shape index (κ2) is 9.83. The second-order valence-corrected chi connectivity index (χ2v) is 6.27. The standard InChI is InChI=1S/C19H31NO/c1-2-3-4-8-15-21-19-13-11-17(12-14-19)16-20-18-9-6-5-7-10-18/h11-14,18,20H,2-10,15-16H2,1H3. The minimum absolute atomic E-state index is 0.730. The van der Waals surface area contributed by atoms with Crippen molar-refractivity contribution in [2.45, 2.75) is 77.3 Å². The van der Waals surface area contributed by atoms with Crippen LogP contribution in [0.15, 0.2) is 24.3 Å². The van der Waals surface area contributed by atoms with Crippen molar-refractivity contribution < 1.29 is 4.74 Å². The van der Waals surface area contributed by atoms with Crippen molar-refractivity contribution in [2.75, 3.05) is 6.61 Å². The van der Waals surface area contributed by atoms with Crippen LogP contribution in [0.4, 0.5) is 0 Å². The van der Waals surface area contributed by atoms with E-state index in [4.69, 9.17) is 4.74 Å². The van der Waals surface area contributed by atoms with Gasteiger partial charge in [-0.05, 0) is 37.0 Å². The minimum Gasteiger partial charge on any atom is -0.494 e. The number of ether oxygens (including phenoxy) is 1. The molecule has 1 aliphatic rings. The molecule has 1 fully saturated rings. The molecule has 1 aromatic carbocycles. The van der Waals surface area contributed by atoms with Crippen LogP contribution in [0.2, 0.25) is 0 Å². The van der Waals surface area contributed by atoms with Gasteiger partial charge in [0.05, 0.1) is 6.61 Å². The fraction of sp³-hybridized carbons (Fsp3) is 0.684. The van der Waals surface area contributed by atoms with E-state index in [1.165, 1.54) is 63.4 Å². The van der Waals surface area contributed by atoms with Gasteiger partial charge >= 0.3 is 0 Å². The summed E-state index contributed by atoms with van der Waals surface area (Å²) >= 11 is 0. The van der Waals surface area contributed by atoms with Crippen LogP contribution in [0.5, 0.6) is 5.75 Å². The Morgan fingerprint density at radius 1 is 1.00 bits per heavy atom.